The summed E-state index contributed by atoms with van der Waals surface area (Å²) in [5.41, 5.74) is 0.947. The molecule has 6 nitrogen and oxygen atoms in total. The zero-order valence-corrected chi connectivity index (χ0v) is 15.3. The largest absolute Gasteiger partial charge is 0.352 e. The van der Waals surface area contributed by atoms with Gasteiger partial charge >= 0.3 is 0 Å². The van der Waals surface area contributed by atoms with Crippen molar-refractivity contribution in [1.29, 1.82) is 0 Å². The summed E-state index contributed by atoms with van der Waals surface area (Å²) < 4.78 is 5.58. The van der Waals surface area contributed by atoms with Crippen LogP contribution in [0.25, 0.3) is 22.2 Å². The second kappa shape index (κ2) is 6.46. The molecule has 2 unspecified atom stereocenters. The maximum atomic E-state index is 12.0. The molecular weight excluding hydrogens is 340 g/mol. The molecule has 0 bridgehead atoms. The minimum atomic E-state index is 0.0382. The van der Waals surface area contributed by atoms with Crippen molar-refractivity contribution in [3.05, 3.63) is 48.4 Å². The Kier molecular flexibility index (Phi) is 3.93. The molecule has 138 valence electrons. The fraction of sp³-hybridized carbons (Fsp3) is 0.381. The summed E-state index contributed by atoms with van der Waals surface area (Å²) in [6, 6.07) is 14.6. The zero-order chi connectivity index (χ0) is 18.4. The molecule has 2 aromatic carbocycles. The normalized spacial score (nSPS) is 23.0. The van der Waals surface area contributed by atoms with E-state index in [1.807, 2.05) is 25.2 Å². The van der Waals surface area contributed by atoms with E-state index in [1.54, 1.807) is 0 Å². The van der Waals surface area contributed by atoms with Crippen molar-refractivity contribution < 1.29 is 9.32 Å². The van der Waals surface area contributed by atoms with Gasteiger partial charge in [-0.3, -0.25) is 9.69 Å². The van der Waals surface area contributed by atoms with Crippen LogP contribution in [0.5, 0.6) is 0 Å². The van der Waals surface area contributed by atoms with Crippen molar-refractivity contribution in [3.8, 4) is 11.4 Å². The van der Waals surface area contributed by atoms with Crippen LogP contribution < -0.4 is 5.32 Å². The van der Waals surface area contributed by atoms with Crippen LogP contribution in [-0.2, 0) is 4.79 Å². The van der Waals surface area contributed by atoms with Gasteiger partial charge in [-0.15, -0.1) is 0 Å². The van der Waals surface area contributed by atoms with Crippen molar-refractivity contribution in [2.45, 2.75) is 31.3 Å². The average molecular weight is 362 g/mol. The van der Waals surface area contributed by atoms with Crippen LogP contribution in [0.4, 0.5) is 0 Å². The minimum absolute atomic E-state index is 0.0382. The number of benzene rings is 2. The van der Waals surface area contributed by atoms with Crippen LogP contribution in [0.3, 0.4) is 0 Å². The first-order valence-corrected chi connectivity index (χ1v) is 9.51. The number of fused-ring (bicyclic) bond motifs is 1. The van der Waals surface area contributed by atoms with E-state index in [9.17, 15) is 4.79 Å². The van der Waals surface area contributed by atoms with E-state index in [1.165, 1.54) is 5.39 Å². The standard InChI is InChI=1S/C21H22N4O2/c1-25-12-17(22-20(26)14-7-8-14)11-18(25)21-23-19(24-27-21)16-9-6-13-4-2-3-5-15(13)10-16/h2-6,9-10,14,17-18H,7-8,11-12H2,1H3,(H,22,26). The number of carbonyl (C=O) groups is 1. The predicted octanol–water partition coefficient (Wildman–Crippen LogP) is 3.16. The highest BCUT2D eigenvalue weighted by Gasteiger charge is 2.37. The van der Waals surface area contributed by atoms with Crippen LogP contribution in [0.1, 0.15) is 31.2 Å². The molecule has 1 aromatic heterocycles. The second-order valence-electron chi connectivity index (χ2n) is 7.69. The van der Waals surface area contributed by atoms with Gasteiger partial charge in [0.1, 0.15) is 0 Å². The first-order chi connectivity index (χ1) is 13.2. The van der Waals surface area contributed by atoms with Gasteiger partial charge in [0.25, 0.3) is 0 Å². The Morgan fingerprint density at radius 2 is 2.00 bits per heavy atom. The summed E-state index contributed by atoms with van der Waals surface area (Å²) in [5, 5.41) is 9.70. The number of nitrogens with one attached hydrogen (secondary N) is 1. The molecule has 1 saturated carbocycles. The topological polar surface area (TPSA) is 71.3 Å². The third-order valence-corrected chi connectivity index (χ3v) is 5.58. The second-order valence-corrected chi connectivity index (χ2v) is 7.69. The van der Waals surface area contributed by atoms with Gasteiger partial charge in [0.15, 0.2) is 0 Å². The number of nitrogens with zero attached hydrogens (tertiary/aromatic N) is 3. The fourth-order valence-electron chi connectivity index (χ4n) is 3.87. The number of hydrogen-bond donors (Lipinski definition) is 1. The van der Waals surface area contributed by atoms with E-state index in [0.29, 0.717) is 11.7 Å². The summed E-state index contributed by atoms with van der Waals surface area (Å²) >= 11 is 0. The lowest BCUT2D eigenvalue weighted by Gasteiger charge is -2.14. The third kappa shape index (κ3) is 3.21. The van der Waals surface area contributed by atoms with Gasteiger partial charge in [0.2, 0.25) is 17.6 Å². The number of likely N-dealkylation sites (tertiary alicyclic amines) is 1. The summed E-state index contributed by atoms with van der Waals surface area (Å²) in [7, 11) is 2.04. The highest BCUT2D eigenvalue weighted by molar-refractivity contribution is 5.86. The monoisotopic (exact) mass is 362 g/mol. The van der Waals surface area contributed by atoms with E-state index >= 15 is 0 Å². The van der Waals surface area contributed by atoms with E-state index in [0.717, 1.165) is 36.8 Å². The van der Waals surface area contributed by atoms with Gasteiger partial charge in [-0.2, -0.15) is 4.98 Å². The molecule has 1 aliphatic heterocycles. The highest BCUT2D eigenvalue weighted by atomic mass is 16.5. The molecule has 1 aliphatic carbocycles. The molecule has 1 N–H and O–H groups in total. The SMILES string of the molecule is CN1CC(NC(=O)C2CC2)CC1c1nc(-c2ccc3ccccc3c2)no1. The first-order valence-electron chi connectivity index (χ1n) is 9.51. The molecule has 2 atom stereocenters. The molecule has 1 saturated heterocycles. The summed E-state index contributed by atoms with van der Waals surface area (Å²) in [4.78, 5) is 18.9. The molecule has 2 heterocycles. The van der Waals surface area contributed by atoms with Gasteiger partial charge in [-0.25, -0.2) is 0 Å². The quantitative estimate of drug-likeness (QED) is 0.772. The van der Waals surface area contributed by atoms with Crippen LogP contribution >= 0.6 is 0 Å². The van der Waals surface area contributed by atoms with Crippen molar-refractivity contribution >= 4 is 16.7 Å². The number of rotatable bonds is 4. The van der Waals surface area contributed by atoms with Crippen LogP contribution in [0.2, 0.25) is 0 Å². The lowest BCUT2D eigenvalue weighted by molar-refractivity contribution is -0.122. The first kappa shape index (κ1) is 16.4. The molecule has 6 heteroatoms. The Bertz CT molecular complexity index is 995. The molecule has 2 aliphatic rings. The summed E-state index contributed by atoms with van der Waals surface area (Å²) in [6.07, 6.45) is 2.85. The molecule has 0 radical (unpaired) electrons. The smallest absolute Gasteiger partial charge is 0.244 e. The predicted molar refractivity (Wildman–Crippen MR) is 102 cm³/mol. The van der Waals surface area contributed by atoms with Crippen LogP contribution in [-0.4, -0.2) is 40.6 Å². The van der Waals surface area contributed by atoms with E-state index in [4.69, 9.17) is 4.52 Å². The Labute approximate surface area is 157 Å². The maximum absolute atomic E-state index is 12.0. The molecule has 5 rings (SSSR count). The minimum Gasteiger partial charge on any atom is -0.352 e. The maximum Gasteiger partial charge on any atom is 0.244 e. The van der Waals surface area contributed by atoms with Gasteiger partial charge in [-0.05, 0) is 43.1 Å². The third-order valence-electron chi connectivity index (χ3n) is 5.58. The number of likely N-dealkylation sites (N-methyl/N-ethyl adjacent to an activating group) is 1. The molecule has 0 spiro atoms. The number of carbonyl (C=O) groups excluding carboxylic acids is 1. The number of amides is 1. The van der Waals surface area contributed by atoms with Crippen molar-refractivity contribution in [2.75, 3.05) is 13.6 Å². The van der Waals surface area contributed by atoms with Crippen LogP contribution in [0.15, 0.2) is 47.0 Å². The average Bonchev–Trinajstić information content (AvgIpc) is 3.32. The number of hydrogen-bond acceptors (Lipinski definition) is 5. The lowest BCUT2D eigenvalue weighted by atomic mass is 10.1. The van der Waals surface area contributed by atoms with E-state index < -0.39 is 0 Å². The molecule has 2 fully saturated rings. The Hall–Kier alpha value is -2.73. The summed E-state index contributed by atoms with van der Waals surface area (Å²) in [5.74, 6) is 1.65. The van der Waals surface area contributed by atoms with Crippen molar-refractivity contribution in [1.82, 2.24) is 20.4 Å². The molecule has 3 aromatic rings. The highest BCUT2D eigenvalue weighted by Crippen LogP contribution is 2.33. The lowest BCUT2D eigenvalue weighted by Crippen LogP contribution is -2.37. The van der Waals surface area contributed by atoms with E-state index in [-0.39, 0.29) is 23.9 Å². The zero-order valence-electron chi connectivity index (χ0n) is 15.3. The summed E-state index contributed by atoms with van der Waals surface area (Å²) in [6.45, 7) is 0.802. The molecule has 1 amide bonds. The van der Waals surface area contributed by atoms with Gasteiger partial charge in [0.05, 0.1) is 6.04 Å². The molecule has 27 heavy (non-hydrogen) atoms. The number of aromatic nitrogens is 2. The Morgan fingerprint density at radius 3 is 2.81 bits per heavy atom. The van der Waals surface area contributed by atoms with Gasteiger partial charge in [0, 0.05) is 24.1 Å². The van der Waals surface area contributed by atoms with Crippen LogP contribution in [0, 0.1) is 5.92 Å². The van der Waals surface area contributed by atoms with Gasteiger partial charge in [-0.1, -0.05) is 41.6 Å². The fourth-order valence-corrected chi connectivity index (χ4v) is 3.87. The van der Waals surface area contributed by atoms with Gasteiger partial charge < -0.3 is 9.84 Å². The van der Waals surface area contributed by atoms with Crippen molar-refractivity contribution in [3.63, 3.8) is 0 Å². The Morgan fingerprint density at radius 1 is 1.19 bits per heavy atom. The van der Waals surface area contributed by atoms with E-state index in [2.05, 4.69) is 44.6 Å². The Balaban J connectivity index is 1.34. The molecular formula is C21H22N4O2. The van der Waals surface area contributed by atoms with Crippen molar-refractivity contribution in [2.24, 2.45) is 5.92 Å².